The summed E-state index contributed by atoms with van der Waals surface area (Å²) < 4.78 is 7.48. The molecular formula is C16H22N4O2. The number of nitrogens with one attached hydrogen (secondary N) is 1. The van der Waals surface area contributed by atoms with Gasteiger partial charge in [0.2, 0.25) is 0 Å². The van der Waals surface area contributed by atoms with E-state index in [4.69, 9.17) is 4.74 Å². The van der Waals surface area contributed by atoms with Crippen molar-refractivity contribution in [2.24, 2.45) is 0 Å². The summed E-state index contributed by atoms with van der Waals surface area (Å²) in [5.41, 5.74) is 1.12. The first-order chi connectivity index (χ1) is 10.8. The first kappa shape index (κ1) is 15.1. The van der Waals surface area contributed by atoms with Crippen molar-refractivity contribution in [2.75, 3.05) is 13.2 Å². The minimum Gasteiger partial charge on any atom is -0.389 e. The number of hydrogen-bond acceptors (Lipinski definition) is 5. The fourth-order valence-electron chi connectivity index (χ4n) is 2.65. The molecule has 2 unspecified atom stereocenters. The van der Waals surface area contributed by atoms with Crippen molar-refractivity contribution in [3.8, 4) is 0 Å². The molecule has 0 amide bonds. The highest BCUT2D eigenvalue weighted by atomic mass is 16.5. The standard InChI is InChI=1S/C16H22N4O2/c21-15(11-22-10-13-4-2-1-3-5-13)8-17-14-6-7-16-18-12-19-20(16)9-14/h1-5,12,14-15,17,21H,6-11H2. The van der Waals surface area contributed by atoms with Crippen LogP contribution in [-0.4, -0.2) is 45.2 Å². The van der Waals surface area contributed by atoms with Crippen LogP contribution < -0.4 is 5.32 Å². The molecule has 2 aromatic rings. The minimum absolute atomic E-state index is 0.331. The number of ether oxygens (including phenoxy) is 1. The van der Waals surface area contributed by atoms with E-state index in [-0.39, 0.29) is 0 Å². The molecule has 3 rings (SSSR count). The van der Waals surface area contributed by atoms with Crippen molar-refractivity contribution in [2.45, 2.75) is 38.1 Å². The van der Waals surface area contributed by atoms with Gasteiger partial charge < -0.3 is 15.2 Å². The number of fused-ring (bicyclic) bond motifs is 1. The monoisotopic (exact) mass is 302 g/mol. The van der Waals surface area contributed by atoms with Crippen molar-refractivity contribution < 1.29 is 9.84 Å². The molecule has 1 aliphatic heterocycles. The summed E-state index contributed by atoms with van der Waals surface area (Å²) >= 11 is 0. The molecule has 2 atom stereocenters. The van der Waals surface area contributed by atoms with Gasteiger partial charge in [-0.2, -0.15) is 5.10 Å². The Balaban J connectivity index is 1.34. The Morgan fingerprint density at radius 1 is 1.36 bits per heavy atom. The van der Waals surface area contributed by atoms with Gasteiger partial charge in [0.15, 0.2) is 0 Å². The van der Waals surface area contributed by atoms with Crippen LogP contribution in [0.3, 0.4) is 0 Å². The molecule has 22 heavy (non-hydrogen) atoms. The number of aliphatic hydroxyl groups excluding tert-OH is 1. The highest BCUT2D eigenvalue weighted by molar-refractivity contribution is 5.13. The number of aromatic nitrogens is 3. The van der Waals surface area contributed by atoms with E-state index in [1.54, 1.807) is 6.33 Å². The van der Waals surface area contributed by atoms with Gasteiger partial charge in [-0.1, -0.05) is 30.3 Å². The summed E-state index contributed by atoms with van der Waals surface area (Å²) in [6, 6.07) is 10.3. The molecule has 2 heterocycles. The van der Waals surface area contributed by atoms with E-state index >= 15 is 0 Å². The van der Waals surface area contributed by atoms with E-state index in [0.717, 1.165) is 30.8 Å². The zero-order valence-electron chi connectivity index (χ0n) is 12.6. The first-order valence-electron chi connectivity index (χ1n) is 7.71. The fourth-order valence-corrected chi connectivity index (χ4v) is 2.65. The molecule has 0 aliphatic carbocycles. The van der Waals surface area contributed by atoms with Crippen LogP contribution in [0.5, 0.6) is 0 Å². The topological polar surface area (TPSA) is 72.2 Å². The molecular weight excluding hydrogens is 280 g/mol. The molecule has 1 aromatic heterocycles. The van der Waals surface area contributed by atoms with E-state index in [1.807, 2.05) is 35.0 Å². The Bertz CT molecular complexity index is 573. The number of rotatable bonds is 7. The lowest BCUT2D eigenvalue weighted by molar-refractivity contribution is 0.0269. The van der Waals surface area contributed by atoms with Crippen LogP contribution in [0.1, 0.15) is 17.8 Å². The molecule has 0 radical (unpaired) electrons. The lowest BCUT2D eigenvalue weighted by atomic mass is 10.1. The largest absolute Gasteiger partial charge is 0.389 e. The van der Waals surface area contributed by atoms with Crippen molar-refractivity contribution in [1.29, 1.82) is 0 Å². The number of aliphatic hydroxyl groups is 1. The van der Waals surface area contributed by atoms with Crippen molar-refractivity contribution in [1.82, 2.24) is 20.1 Å². The van der Waals surface area contributed by atoms with Crippen LogP contribution in [0, 0.1) is 0 Å². The van der Waals surface area contributed by atoms with Gasteiger partial charge in [-0.3, -0.25) is 0 Å². The van der Waals surface area contributed by atoms with Gasteiger partial charge in [-0.25, -0.2) is 9.67 Å². The zero-order chi connectivity index (χ0) is 15.2. The van der Waals surface area contributed by atoms with Crippen LogP contribution in [0.15, 0.2) is 36.7 Å². The number of aryl methyl sites for hydroxylation is 1. The van der Waals surface area contributed by atoms with E-state index in [9.17, 15) is 5.11 Å². The molecule has 6 nitrogen and oxygen atoms in total. The van der Waals surface area contributed by atoms with Crippen LogP contribution in [0.2, 0.25) is 0 Å². The second-order valence-corrected chi connectivity index (χ2v) is 5.66. The molecule has 0 saturated carbocycles. The Labute approximate surface area is 130 Å². The molecule has 118 valence electrons. The SMILES string of the molecule is OC(CNC1CCc2ncnn2C1)COCc1ccccc1. The molecule has 0 spiro atoms. The highest BCUT2D eigenvalue weighted by Crippen LogP contribution is 2.11. The molecule has 0 bridgehead atoms. The fraction of sp³-hybridized carbons (Fsp3) is 0.500. The highest BCUT2D eigenvalue weighted by Gasteiger charge is 2.19. The minimum atomic E-state index is -0.499. The lowest BCUT2D eigenvalue weighted by Crippen LogP contribution is -2.42. The van der Waals surface area contributed by atoms with Crippen molar-refractivity contribution in [3.63, 3.8) is 0 Å². The van der Waals surface area contributed by atoms with E-state index in [2.05, 4.69) is 15.4 Å². The average Bonchev–Trinajstić information content (AvgIpc) is 3.01. The third-order valence-electron chi connectivity index (χ3n) is 3.87. The molecule has 6 heteroatoms. The van der Waals surface area contributed by atoms with Gasteiger partial charge in [-0.15, -0.1) is 0 Å². The number of nitrogens with zero attached hydrogens (tertiary/aromatic N) is 3. The predicted molar refractivity (Wildman–Crippen MR) is 82.2 cm³/mol. The molecule has 1 aliphatic rings. The Hall–Kier alpha value is -1.76. The zero-order valence-corrected chi connectivity index (χ0v) is 12.6. The molecule has 1 aromatic carbocycles. The van der Waals surface area contributed by atoms with Crippen molar-refractivity contribution >= 4 is 0 Å². The Morgan fingerprint density at radius 2 is 2.23 bits per heavy atom. The third-order valence-corrected chi connectivity index (χ3v) is 3.87. The predicted octanol–water partition coefficient (Wildman–Crippen LogP) is 0.760. The summed E-state index contributed by atoms with van der Waals surface area (Å²) in [6.45, 7) is 2.21. The Morgan fingerprint density at radius 3 is 3.09 bits per heavy atom. The van der Waals surface area contributed by atoms with Crippen LogP contribution in [0.4, 0.5) is 0 Å². The summed E-state index contributed by atoms with van der Waals surface area (Å²) in [5, 5.41) is 17.6. The van der Waals surface area contributed by atoms with E-state index in [1.165, 1.54) is 0 Å². The van der Waals surface area contributed by atoms with E-state index < -0.39 is 6.10 Å². The third kappa shape index (κ3) is 4.13. The van der Waals surface area contributed by atoms with Crippen molar-refractivity contribution in [3.05, 3.63) is 48.0 Å². The van der Waals surface area contributed by atoms with Gasteiger partial charge in [0.25, 0.3) is 0 Å². The Kier molecular flexibility index (Phi) is 5.15. The summed E-state index contributed by atoms with van der Waals surface area (Å²) in [6.07, 6.45) is 3.05. The van der Waals surface area contributed by atoms with E-state index in [0.29, 0.717) is 25.8 Å². The second-order valence-electron chi connectivity index (χ2n) is 5.66. The van der Waals surface area contributed by atoms with Gasteiger partial charge >= 0.3 is 0 Å². The van der Waals surface area contributed by atoms with Crippen LogP contribution in [0.25, 0.3) is 0 Å². The van der Waals surface area contributed by atoms with Gasteiger partial charge in [0.1, 0.15) is 12.2 Å². The normalized spacial score (nSPS) is 18.9. The summed E-state index contributed by atoms with van der Waals surface area (Å²) in [7, 11) is 0. The second kappa shape index (κ2) is 7.49. The summed E-state index contributed by atoms with van der Waals surface area (Å²) in [4.78, 5) is 4.21. The lowest BCUT2D eigenvalue weighted by Gasteiger charge is -2.24. The smallest absolute Gasteiger partial charge is 0.138 e. The van der Waals surface area contributed by atoms with Gasteiger partial charge in [0.05, 0.1) is 25.9 Å². The molecule has 0 fully saturated rings. The number of hydrogen-bond donors (Lipinski definition) is 2. The quantitative estimate of drug-likeness (QED) is 0.790. The number of benzene rings is 1. The van der Waals surface area contributed by atoms with Crippen LogP contribution >= 0.6 is 0 Å². The molecule has 2 N–H and O–H groups in total. The maximum Gasteiger partial charge on any atom is 0.138 e. The van der Waals surface area contributed by atoms with Crippen LogP contribution in [-0.2, 0) is 24.3 Å². The van der Waals surface area contributed by atoms with Gasteiger partial charge in [0, 0.05) is 19.0 Å². The average molecular weight is 302 g/mol. The summed E-state index contributed by atoms with van der Waals surface area (Å²) in [5.74, 6) is 1.05. The van der Waals surface area contributed by atoms with Gasteiger partial charge in [-0.05, 0) is 12.0 Å². The maximum absolute atomic E-state index is 9.99. The maximum atomic E-state index is 9.99. The first-order valence-corrected chi connectivity index (χ1v) is 7.71. The molecule has 0 saturated heterocycles.